The fourth-order valence-corrected chi connectivity index (χ4v) is 8.37. The first-order valence-corrected chi connectivity index (χ1v) is 11.6. The van der Waals surface area contributed by atoms with E-state index in [1.165, 1.54) is 0 Å². The summed E-state index contributed by atoms with van der Waals surface area (Å²) in [6.45, 7) is 8.61. The summed E-state index contributed by atoms with van der Waals surface area (Å²) in [5.41, 5.74) is 0.966. The molecule has 0 radical (unpaired) electrons. The van der Waals surface area contributed by atoms with E-state index < -0.39 is 14.6 Å². The zero-order valence-electron chi connectivity index (χ0n) is 17.0. The first-order chi connectivity index (χ1) is 13.4. The maximum atomic E-state index is 11.2. The largest absolute Gasteiger partial charge is 0.382 e. The second-order valence-corrected chi connectivity index (χ2v) is 12.5. The van der Waals surface area contributed by atoms with E-state index in [0.717, 1.165) is 15.9 Å². The highest BCUT2D eigenvalue weighted by atomic mass is 28.4. The van der Waals surface area contributed by atoms with Gasteiger partial charge < -0.3 is 9.53 Å². The van der Waals surface area contributed by atoms with Crippen molar-refractivity contribution in [2.75, 3.05) is 0 Å². The maximum Gasteiger partial charge on any atom is 0.264 e. The molecule has 4 heteroatoms. The molecule has 146 valence electrons. The van der Waals surface area contributed by atoms with Crippen molar-refractivity contribution in [3.8, 4) is 0 Å². The van der Waals surface area contributed by atoms with Crippen molar-refractivity contribution in [1.29, 1.82) is 0 Å². The van der Waals surface area contributed by atoms with Gasteiger partial charge in [-0.3, -0.25) is 4.98 Å². The molecular weight excluding hydrogens is 362 g/mol. The molecule has 0 spiro atoms. The van der Waals surface area contributed by atoms with Crippen molar-refractivity contribution in [3.05, 3.63) is 90.8 Å². The average molecular weight is 392 g/mol. The Labute approximate surface area is 169 Å². The number of rotatable bonds is 6. The SMILES string of the molecule is CC(c1cccnc1)C(O)O[Si](c1ccccc1)(c1ccccc1)C(C)(C)C. The molecule has 2 unspecified atom stereocenters. The molecule has 0 saturated heterocycles. The summed E-state index contributed by atoms with van der Waals surface area (Å²) in [7, 11) is -2.78. The van der Waals surface area contributed by atoms with Crippen LogP contribution in [0.1, 0.15) is 39.2 Å². The van der Waals surface area contributed by atoms with Crippen LogP contribution in [0.4, 0.5) is 0 Å². The van der Waals surface area contributed by atoms with Crippen LogP contribution in [0.2, 0.25) is 5.04 Å². The van der Waals surface area contributed by atoms with Gasteiger partial charge in [0, 0.05) is 18.3 Å². The van der Waals surface area contributed by atoms with Crippen molar-refractivity contribution < 1.29 is 9.53 Å². The monoisotopic (exact) mass is 391 g/mol. The summed E-state index contributed by atoms with van der Waals surface area (Å²) in [6, 6.07) is 24.6. The number of aliphatic hydroxyl groups excluding tert-OH is 1. The Balaban J connectivity index is 2.11. The van der Waals surface area contributed by atoms with Crippen LogP contribution in [0.5, 0.6) is 0 Å². The minimum Gasteiger partial charge on any atom is -0.382 e. The van der Waals surface area contributed by atoms with Crippen LogP contribution in [0.25, 0.3) is 0 Å². The summed E-state index contributed by atoms with van der Waals surface area (Å²) in [6.07, 6.45) is 2.60. The normalized spacial score (nSPS) is 14.5. The second kappa shape index (κ2) is 8.39. The Morgan fingerprint density at radius 3 is 1.82 bits per heavy atom. The van der Waals surface area contributed by atoms with Crippen LogP contribution >= 0.6 is 0 Å². The molecule has 28 heavy (non-hydrogen) atoms. The van der Waals surface area contributed by atoms with E-state index in [9.17, 15) is 5.11 Å². The molecular formula is C24H29NO2Si. The van der Waals surface area contributed by atoms with Gasteiger partial charge in [0.05, 0.1) is 0 Å². The summed E-state index contributed by atoms with van der Waals surface area (Å²) in [5, 5.41) is 13.3. The summed E-state index contributed by atoms with van der Waals surface area (Å²) in [4.78, 5) is 4.19. The molecule has 0 amide bonds. The number of pyridine rings is 1. The van der Waals surface area contributed by atoms with Gasteiger partial charge in [-0.05, 0) is 27.0 Å². The van der Waals surface area contributed by atoms with Gasteiger partial charge in [0.15, 0.2) is 6.29 Å². The van der Waals surface area contributed by atoms with Crippen molar-refractivity contribution in [2.45, 2.75) is 44.9 Å². The molecule has 3 rings (SSSR count). The summed E-state index contributed by atoms with van der Waals surface area (Å²) >= 11 is 0. The highest BCUT2D eigenvalue weighted by molar-refractivity contribution is 6.99. The molecule has 1 heterocycles. The molecule has 0 saturated carbocycles. The van der Waals surface area contributed by atoms with Gasteiger partial charge in [0.25, 0.3) is 8.32 Å². The fourth-order valence-electron chi connectivity index (χ4n) is 3.78. The van der Waals surface area contributed by atoms with Crippen molar-refractivity contribution in [3.63, 3.8) is 0 Å². The van der Waals surface area contributed by atoms with Gasteiger partial charge in [-0.25, -0.2) is 0 Å². The summed E-state index contributed by atoms with van der Waals surface area (Å²) in [5.74, 6) is -0.185. The molecule has 1 N–H and O–H groups in total. The van der Waals surface area contributed by atoms with Crippen molar-refractivity contribution in [2.24, 2.45) is 0 Å². The minimum atomic E-state index is -2.78. The van der Waals surface area contributed by atoms with Crippen LogP contribution in [-0.4, -0.2) is 24.7 Å². The lowest BCUT2D eigenvalue weighted by molar-refractivity contribution is -0.0420. The number of nitrogens with zero attached hydrogens (tertiary/aromatic N) is 1. The zero-order valence-corrected chi connectivity index (χ0v) is 18.0. The van der Waals surface area contributed by atoms with E-state index in [0.29, 0.717) is 0 Å². The number of hydrogen-bond acceptors (Lipinski definition) is 3. The predicted molar refractivity (Wildman–Crippen MR) is 117 cm³/mol. The number of benzene rings is 2. The highest BCUT2D eigenvalue weighted by Crippen LogP contribution is 2.38. The van der Waals surface area contributed by atoms with Crippen LogP contribution in [0, 0.1) is 0 Å². The zero-order chi connectivity index (χ0) is 20.2. The second-order valence-electron chi connectivity index (χ2n) is 8.25. The van der Waals surface area contributed by atoms with E-state index in [1.54, 1.807) is 12.4 Å². The molecule has 3 nitrogen and oxygen atoms in total. The van der Waals surface area contributed by atoms with Crippen LogP contribution < -0.4 is 10.4 Å². The van der Waals surface area contributed by atoms with Gasteiger partial charge in [-0.2, -0.15) is 0 Å². The average Bonchev–Trinajstić information content (AvgIpc) is 2.72. The first kappa shape index (κ1) is 20.5. The number of hydrogen-bond donors (Lipinski definition) is 1. The first-order valence-electron chi connectivity index (χ1n) is 9.73. The molecule has 2 aromatic carbocycles. The van der Waals surface area contributed by atoms with E-state index in [1.807, 2.05) is 55.5 Å². The van der Waals surface area contributed by atoms with Crippen molar-refractivity contribution >= 4 is 18.7 Å². The van der Waals surface area contributed by atoms with Gasteiger partial charge in [-0.1, -0.05) is 94.4 Å². The lowest BCUT2D eigenvalue weighted by Crippen LogP contribution is -2.68. The van der Waals surface area contributed by atoms with E-state index in [2.05, 4.69) is 50.0 Å². The molecule has 3 aromatic rings. The number of aliphatic hydroxyl groups is 1. The molecule has 0 bridgehead atoms. The topological polar surface area (TPSA) is 42.4 Å². The van der Waals surface area contributed by atoms with E-state index in [-0.39, 0.29) is 11.0 Å². The lowest BCUT2D eigenvalue weighted by Gasteiger charge is -2.45. The van der Waals surface area contributed by atoms with Gasteiger partial charge in [-0.15, -0.1) is 0 Å². The third-order valence-corrected chi connectivity index (χ3v) is 10.4. The third kappa shape index (κ3) is 3.95. The van der Waals surface area contributed by atoms with Gasteiger partial charge >= 0.3 is 0 Å². The highest BCUT2D eigenvalue weighted by Gasteiger charge is 2.51. The fraction of sp³-hybridized carbons (Fsp3) is 0.292. The summed E-state index contributed by atoms with van der Waals surface area (Å²) < 4.78 is 6.76. The smallest absolute Gasteiger partial charge is 0.264 e. The Hall–Kier alpha value is -2.27. The van der Waals surface area contributed by atoms with Crippen LogP contribution in [0.15, 0.2) is 85.2 Å². The van der Waals surface area contributed by atoms with Gasteiger partial charge in [0.1, 0.15) is 0 Å². The van der Waals surface area contributed by atoms with E-state index >= 15 is 0 Å². The Morgan fingerprint density at radius 2 is 1.39 bits per heavy atom. The molecule has 0 aliphatic carbocycles. The van der Waals surface area contributed by atoms with Crippen LogP contribution in [0.3, 0.4) is 0 Å². The molecule has 1 aromatic heterocycles. The van der Waals surface area contributed by atoms with Gasteiger partial charge in [0.2, 0.25) is 0 Å². The molecule has 2 atom stereocenters. The standard InChI is InChI=1S/C24H29NO2Si/c1-19(20-12-11-17-25-18-20)23(26)27-28(24(2,3)4,21-13-7-5-8-14-21)22-15-9-6-10-16-22/h5-19,23,26H,1-4H3. The Kier molecular flexibility index (Phi) is 6.13. The maximum absolute atomic E-state index is 11.2. The molecule has 0 aliphatic rings. The quantitative estimate of drug-likeness (QED) is 0.508. The number of aromatic nitrogens is 1. The molecule has 0 fully saturated rings. The molecule has 0 aliphatic heterocycles. The van der Waals surface area contributed by atoms with Crippen LogP contribution in [-0.2, 0) is 4.43 Å². The van der Waals surface area contributed by atoms with Crippen molar-refractivity contribution in [1.82, 2.24) is 4.98 Å². The third-order valence-electron chi connectivity index (χ3n) is 5.35. The predicted octanol–water partition coefficient (Wildman–Crippen LogP) is 4.08. The Bertz CT molecular complexity index is 824. The Morgan fingerprint density at radius 1 is 0.857 bits per heavy atom. The minimum absolute atomic E-state index is 0.175. The lowest BCUT2D eigenvalue weighted by atomic mass is 10.0. The van der Waals surface area contributed by atoms with E-state index in [4.69, 9.17) is 4.43 Å².